The summed E-state index contributed by atoms with van der Waals surface area (Å²) in [5.41, 5.74) is 1.70. The third-order valence-corrected chi connectivity index (χ3v) is 6.64. The normalized spacial score (nSPS) is 10.9. The van der Waals surface area contributed by atoms with Gasteiger partial charge in [-0.3, -0.25) is 9.59 Å². The van der Waals surface area contributed by atoms with Crippen LogP contribution < -0.4 is 15.6 Å². The Bertz CT molecular complexity index is 1300. The van der Waals surface area contributed by atoms with Gasteiger partial charge in [-0.15, -0.1) is 11.8 Å². The zero-order valence-electron chi connectivity index (χ0n) is 17.0. The summed E-state index contributed by atoms with van der Waals surface area (Å²) < 4.78 is 6.54. The fourth-order valence-corrected chi connectivity index (χ4v) is 4.68. The van der Waals surface area contributed by atoms with Crippen molar-refractivity contribution in [1.29, 1.82) is 0 Å². The molecule has 0 bridgehead atoms. The molecule has 0 unspecified atom stereocenters. The lowest BCUT2D eigenvalue weighted by Gasteiger charge is -2.11. The van der Waals surface area contributed by atoms with E-state index in [1.54, 1.807) is 31.4 Å². The van der Waals surface area contributed by atoms with Crippen LogP contribution in [0.4, 0.5) is 5.69 Å². The van der Waals surface area contributed by atoms with E-state index in [1.165, 1.54) is 33.7 Å². The number of benzene rings is 2. The van der Waals surface area contributed by atoms with Gasteiger partial charge < -0.3 is 10.1 Å². The molecule has 0 fully saturated rings. The molecule has 0 aliphatic rings. The summed E-state index contributed by atoms with van der Waals surface area (Å²) in [5.74, 6) is 0.899. The Morgan fingerprint density at radius 1 is 1.19 bits per heavy atom. The lowest BCUT2D eigenvalue weighted by Crippen LogP contribution is -2.15. The molecule has 9 heteroatoms. The van der Waals surface area contributed by atoms with Gasteiger partial charge in [-0.05, 0) is 36.8 Å². The molecule has 0 radical (unpaired) electrons. The lowest BCUT2D eigenvalue weighted by molar-refractivity contribution is 0.102. The Balaban J connectivity index is 1.52. The van der Waals surface area contributed by atoms with Gasteiger partial charge in [-0.2, -0.15) is 9.61 Å². The van der Waals surface area contributed by atoms with Crippen LogP contribution in [-0.4, -0.2) is 27.6 Å². The summed E-state index contributed by atoms with van der Waals surface area (Å²) in [6.07, 6.45) is 0.762. The Labute approximate surface area is 187 Å². The second-order valence-corrected chi connectivity index (χ2v) is 8.66. The fourth-order valence-electron chi connectivity index (χ4n) is 2.92. The van der Waals surface area contributed by atoms with Crippen LogP contribution in [0.5, 0.6) is 5.75 Å². The smallest absolute Gasteiger partial charge is 0.275 e. The first kappa shape index (κ1) is 21.1. The van der Waals surface area contributed by atoms with Crippen LogP contribution in [0.1, 0.15) is 28.0 Å². The summed E-state index contributed by atoms with van der Waals surface area (Å²) in [4.78, 5) is 31.1. The molecule has 0 aliphatic heterocycles. The Morgan fingerprint density at radius 3 is 2.84 bits per heavy atom. The number of anilines is 1. The van der Waals surface area contributed by atoms with E-state index in [0.717, 1.165) is 16.3 Å². The van der Waals surface area contributed by atoms with E-state index in [0.29, 0.717) is 33.4 Å². The van der Waals surface area contributed by atoms with Crippen molar-refractivity contribution >= 4 is 39.7 Å². The molecule has 0 aliphatic carbocycles. The van der Waals surface area contributed by atoms with Gasteiger partial charge in [0.2, 0.25) is 4.96 Å². The van der Waals surface area contributed by atoms with E-state index in [4.69, 9.17) is 4.74 Å². The van der Waals surface area contributed by atoms with Gasteiger partial charge in [-0.1, -0.05) is 36.5 Å². The molecule has 158 valence electrons. The van der Waals surface area contributed by atoms with Crippen molar-refractivity contribution in [3.8, 4) is 5.75 Å². The highest BCUT2D eigenvalue weighted by Crippen LogP contribution is 2.30. The van der Waals surface area contributed by atoms with E-state index in [9.17, 15) is 9.59 Å². The topological polar surface area (TPSA) is 85.6 Å². The number of aromatic nitrogens is 3. The maximum atomic E-state index is 12.7. The summed E-state index contributed by atoms with van der Waals surface area (Å²) in [6, 6.07) is 16.1. The Kier molecular flexibility index (Phi) is 6.34. The van der Waals surface area contributed by atoms with Crippen LogP contribution in [0, 0.1) is 0 Å². The average Bonchev–Trinajstić information content (AvgIpc) is 3.22. The maximum absolute atomic E-state index is 12.7. The van der Waals surface area contributed by atoms with Crippen molar-refractivity contribution in [2.75, 3.05) is 12.4 Å². The number of para-hydroxylation sites is 1. The third-order valence-electron chi connectivity index (χ3n) is 4.49. The van der Waals surface area contributed by atoms with Gasteiger partial charge in [0.15, 0.2) is 0 Å². The number of ether oxygens (including phenoxy) is 1. The minimum Gasteiger partial charge on any atom is -0.497 e. The number of carbonyl (C=O) groups is 1. The molecule has 2 heterocycles. The summed E-state index contributed by atoms with van der Waals surface area (Å²) in [5, 5.41) is 8.11. The lowest BCUT2D eigenvalue weighted by atomic mass is 10.2. The van der Waals surface area contributed by atoms with Gasteiger partial charge in [0.05, 0.1) is 18.5 Å². The number of amides is 1. The first-order valence-electron chi connectivity index (χ1n) is 9.63. The second kappa shape index (κ2) is 9.32. The molecule has 0 saturated carbocycles. The summed E-state index contributed by atoms with van der Waals surface area (Å²) in [6.45, 7) is 2.00. The molecule has 0 atom stereocenters. The third kappa shape index (κ3) is 4.78. The number of aryl methyl sites for hydroxylation is 1. The quantitative estimate of drug-likeness (QED) is 0.422. The van der Waals surface area contributed by atoms with Crippen molar-refractivity contribution in [2.45, 2.75) is 24.0 Å². The van der Waals surface area contributed by atoms with E-state index >= 15 is 0 Å². The number of hydrogen-bond donors (Lipinski definition) is 1. The van der Waals surface area contributed by atoms with Crippen LogP contribution in [0.3, 0.4) is 0 Å². The molecule has 2 aromatic carbocycles. The first-order chi connectivity index (χ1) is 15.1. The van der Waals surface area contributed by atoms with Crippen molar-refractivity contribution in [3.63, 3.8) is 0 Å². The molecule has 1 amide bonds. The number of nitrogens with one attached hydrogen (secondary N) is 1. The highest BCUT2D eigenvalue weighted by atomic mass is 32.2. The molecule has 2 aromatic heterocycles. The van der Waals surface area contributed by atoms with E-state index in [-0.39, 0.29) is 11.5 Å². The highest BCUT2D eigenvalue weighted by Gasteiger charge is 2.12. The number of carbonyl (C=O) groups excluding carboxylic acids is 1. The van der Waals surface area contributed by atoms with E-state index in [1.807, 2.05) is 31.2 Å². The number of nitrogens with zero attached hydrogens (tertiary/aromatic N) is 3. The van der Waals surface area contributed by atoms with Crippen LogP contribution in [-0.2, 0) is 12.2 Å². The molecule has 7 nitrogen and oxygen atoms in total. The second-order valence-electron chi connectivity index (χ2n) is 6.60. The van der Waals surface area contributed by atoms with Crippen LogP contribution in [0.25, 0.3) is 4.96 Å². The van der Waals surface area contributed by atoms with Crippen molar-refractivity contribution < 1.29 is 9.53 Å². The van der Waals surface area contributed by atoms with Gasteiger partial charge >= 0.3 is 0 Å². The molecule has 0 spiro atoms. The predicted molar refractivity (Wildman–Crippen MR) is 123 cm³/mol. The zero-order valence-corrected chi connectivity index (χ0v) is 18.6. The standard InChI is InChI=1S/C22H20N4O3S2/c1-3-19-25-26-20(27)12-15(23-22(26)31-19)13-30-18-10-5-4-9-17(18)24-21(28)14-7-6-8-16(11-14)29-2/h4-12H,3,13H2,1-2H3,(H,24,28). The number of methoxy groups -OCH3 is 1. The largest absolute Gasteiger partial charge is 0.497 e. The van der Waals surface area contributed by atoms with Crippen LogP contribution >= 0.6 is 23.1 Å². The number of rotatable bonds is 7. The molecule has 4 rings (SSSR count). The van der Waals surface area contributed by atoms with Gasteiger partial charge in [-0.25, -0.2) is 4.98 Å². The average molecular weight is 453 g/mol. The number of fused-ring (bicyclic) bond motifs is 1. The van der Waals surface area contributed by atoms with Gasteiger partial charge in [0.25, 0.3) is 11.5 Å². The predicted octanol–water partition coefficient (Wildman–Crippen LogP) is 4.27. The fraction of sp³-hybridized carbons (Fsp3) is 0.182. The molecule has 31 heavy (non-hydrogen) atoms. The summed E-state index contributed by atoms with van der Waals surface area (Å²) >= 11 is 2.93. The maximum Gasteiger partial charge on any atom is 0.275 e. The zero-order chi connectivity index (χ0) is 21.8. The Morgan fingerprint density at radius 2 is 2.03 bits per heavy atom. The van der Waals surface area contributed by atoms with E-state index in [2.05, 4.69) is 15.4 Å². The summed E-state index contributed by atoms with van der Waals surface area (Å²) in [7, 11) is 1.56. The van der Waals surface area contributed by atoms with Gasteiger partial charge in [0, 0.05) is 22.3 Å². The van der Waals surface area contributed by atoms with E-state index < -0.39 is 0 Å². The van der Waals surface area contributed by atoms with Crippen LogP contribution in [0.15, 0.2) is 64.3 Å². The minimum absolute atomic E-state index is 0.184. The first-order valence-corrected chi connectivity index (χ1v) is 11.4. The Hall–Kier alpha value is -3.17. The van der Waals surface area contributed by atoms with Crippen molar-refractivity contribution in [2.24, 2.45) is 0 Å². The molecule has 4 aromatic rings. The molecule has 1 N–H and O–H groups in total. The minimum atomic E-state index is -0.221. The number of thioether (sulfide) groups is 1. The van der Waals surface area contributed by atoms with Gasteiger partial charge in [0.1, 0.15) is 10.8 Å². The SMILES string of the molecule is CCc1nn2c(=O)cc(CSc3ccccc3NC(=O)c3cccc(OC)c3)nc2s1. The van der Waals surface area contributed by atoms with Crippen LogP contribution in [0.2, 0.25) is 0 Å². The molecular formula is C22H20N4O3S2. The number of hydrogen-bond acceptors (Lipinski definition) is 7. The molecule has 0 saturated heterocycles. The molecular weight excluding hydrogens is 432 g/mol. The van der Waals surface area contributed by atoms with Crippen molar-refractivity contribution in [3.05, 3.63) is 81.2 Å². The highest BCUT2D eigenvalue weighted by molar-refractivity contribution is 7.98. The monoisotopic (exact) mass is 452 g/mol. The van der Waals surface area contributed by atoms with Crippen molar-refractivity contribution in [1.82, 2.24) is 14.6 Å².